The third-order valence-corrected chi connectivity index (χ3v) is 22.7. The second-order valence-corrected chi connectivity index (χ2v) is 29.2. The molecule has 6 fully saturated rings. The van der Waals surface area contributed by atoms with Crippen LogP contribution < -0.4 is 0 Å². The maximum absolute atomic E-state index is 13.2. The molecule has 6 saturated carbocycles. The fourth-order valence-electron chi connectivity index (χ4n) is 18.0. The van der Waals surface area contributed by atoms with Crippen LogP contribution in [0.25, 0.3) is 0 Å². The summed E-state index contributed by atoms with van der Waals surface area (Å²) in [7, 11) is 0. The molecule has 0 saturated heterocycles. The molecule has 0 bridgehead atoms. The molecular formula is C72H119NO5. The van der Waals surface area contributed by atoms with Gasteiger partial charge < -0.3 is 19.5 Å². The summed E-state index contributed by atoms with van der Waals surface area (Å²) in [5, 5.41) is 9.49. The summed E-state index contributed by atoms with van der Waals surface area (Å²) in [6.07, 6.45) is 47.1. The van der Waals surface area contributed by atoms with E-state index in [1.165, 1.54) is 113 Å². The number of carbonyl (C=O) groups is 2. The Morgan fingerprint density at radius 1 is 0.603 bits per heavy atom. The van der Waals surface area contributed by atoms with Crippen molar-refractivity contribution in [2.24, 2.45) is 69.5 Å². The fourth-order valence-corrected chi connectivity index (χ4v) is 18.0. The molecule has 6 heteroatoms. The number of unbranched alkanes of at least 4 members (excludes halogenated alkanes) is 7. The average molecular weight is 1080 g/mol. The minimum Gasteiger partial charge on any atom is -0.462 e. The first-order chi connectivity index (χ1) is 37.4. The van der Waals surface area contributed by atoms with Gasteiger partial charge in [0.15, 0.2) is 0 Å². The van der Waals surface area contributed by atoms with E-state index in [4.69, 9.17) is 9.47 Å². The Morgan fingerprint density at radius 2 is 1.17 bits per heavy atom. The second kappa shape index (κ2) is 30.2. The van der Waals surface area contributed by atoms with E-state index in [1.807, 2.05) is 0 Å². The van der Waals surface area contributed by atoms with Crippen molar-refractivity contribution in [1.29, 1.82) is 0 Å². The summed E-state index contributed by atoms with van der Waals surface area (Å²) < 4.78 is 12.3. The molecule has 1 N–H and O–H groups in total. The highest BCUT2D eigenvalue weighted by Crippen LogP contribution is 2.66. The highest BCUT2D eigenvalue weighted by Gasteiger charge is 2.57. The lowest BCUT2D eigenvalue weighted by Crippen LogP contribution is -2.46. The van der Waals surface area contributed by atoms with Gasteiger partial charge in [-0.05, 0) is 217 Å². The molecule has 0 aromatic carbocycles. The lowest BCUT2D eigenvalue weighted by Gasteiger charge is -2.55. The normalized spacial score (nSPS) is 32.7. The van der Waals surface area contributed by atoms with E-state index in [0.717, 1.165) is 164 Å². The lowest BCUT2D eigenvalue weighted by molar-refractivity contribution is -0.151. The second-order valence-electron chi connectivity index (χ2n) is 29.2. The zero-order valence-corrected chi connectivity index (χ0v) is 52.1. The summed E-state index contributed by atoms with van der Waals surface area (Å²) in [5.41, 5.74) is 8.58. The summed E-state index contributed by atoms with van der Waals surface area (Å²) in [6.45, 7) is 30.2. The van der Waals surface area contributed by atoms with Crippen molar-refractivity contribution >= 4 is 11.9 Å². The molecule has 12 atom stereocenters. The fraction of sp³-hybridized carbons (Fsp3) is 0.833. The SMILES string of the molecule is C=C1CCC(OC(=O)CCCCCCN(CCCCO)CCCCCCC(=O)OC2CCC3(C)C(=CC=C4C3CCC3(C)C4CCC3C(C)CCCC(C)C)C2)C/C1=C/C=C1\CCCC2(C)C1CCC2C(C)CCCC(C)C. The number of hydrogen-bond donors (Lipinski definition) is 1. The van der Waals surface area contributed by atoms with Gasteiger partial charge in [-0.25, -0.2) is 0 Å². The monoisotopic (exact) mass is 1080 g/mol. The number of ether oxygens (including phenoxy) is 2. The van der Waals surface area contributed by atoms with Gasteiger partial charge in [-0.1, -0.05) is 180 Å². The summed E-state index contributed by atoms with van der Waals surface area (Å²) in [4.78, 5) is 28.9. The van der Waals surface area contributed by atoms with E-state index >= 15 is 0 Å². The maximum Gasteiger partial charge on any atom is 0.306 e. The Hall–Kier alpha value is -2.44. The van der Waals surface area contributed by atoms with Gasteiger partial charge in [-0.15, -0.1) is 0 Å². The molecule has 0 amide bonds. The number of aliphatic hydroxyl groups excluding tert-OH is 1. The van der Waals surface area contributed by atoms with Crippen LogP contribution in [0.15, 0.2) is 58.7 Å². The molecule has 0 aliphatic heterocycles. The van der Waals surface area contributed by atoms with Gasteiger partial charge in [0.25, 0.3) is 0 Å². The van der Waals surface area contributed by atoms with Crippen molar-refractivity contribution in [3.63, 3.8) is 0 Å². The Morgan fingerprint density at radius 3 is 1.77 bits per heavy atom. The molecule has 6 nitrogen and oxygen atoms in total. The van der Waals surface area contributed by atoms with E-state index in [9.17, 15) is 14.7 Å². The molecule has 78 heavy (non-hydrogen) atoms. The first kappa shape index (κ1) is 63.1. The van der Waals surface area contributed by atoms with Crippen LogP contribution >= 0.6 is 0 Å². The van der Waals surface area contributed by atoms with Gasteiger partial charge in [0.1, 0.15) is 12.2 Å². The lowest BCUT2D eigenvalue weighted by atomic mass is 9.50. The molecule has 7 aliphatic rings. The van der Waals surface area contributed by atoms with Crippen LogP contribution in [0.4, 0.5) is 0 Å². The topological polar surface area (TPSA) is 76.1 Å². The Kier molecular flexibility index (Phi) is 24.5. The number of esters is 2. The van der Waals surface area contributed by atoms with Crippen LogP contribution in [0.3, 0.4) is 0 Å². The molecule has 7 aliphatic carbocycles. The first-order valence-electron chi connectivity index (χ1n) is 33.7. The summed E-state index contributed by atoms with van der Waals surface area (Å²) >= 11 is 0. The number of carbonyl (C=O) groups excluding carboxylic acids is 2. The van der Waals surface area contributed by atoms with Crippen molar-refractivity contribution in [3.8, 4) is 0 Å². The zero-order valence-electron chi connectivity index (χ0n) is 52.1. The molecule has 0 radical (unpaired) electrons. The smallest absolute Gasteiger partial charge is 0.306 e. The predicted octanol–water partition coefficient (Wildman–Crippen LogP) is 19.0. The van der Waals surface area contributed by atoms with Crippen molar-refractivity contribution < 1.29 is 24.2 Å². The first-order valence-corrected chi connectivity index (χ1v) is 33.7. The maximum atomic E-state index is 13.2. The Bertz CT molecular complexity index is 2040. The van der Waals surface area contributed by atoms with Gasteiger partial charge >= 0.3 is 11.9 Å². The van der Waals surface area contributed by atoms with E-state index in [0.29, 0.717) is 35.5 Å². The molecule has 7 rings (SSSR count). The van der Waals surface area contributed by atoms with Crippen molar-refractivity contribution in [2.45, 2.75) is 286 Å². The van der Waals surface area contributed by atoms with Crippen LogP contribution in [0.5, 0.6) is 0 Å². The van der Waals surface area contributed by atoms with Crippen molar-refractivity contribution in [3.05, 3.63) is 58.7 Å². The van der Waals surface area contributed by atoms with Crippen LogP contribution in [0.1, 0.15) is 274 Å². The molecule has 442 valence electrons. The number of aliphatic hydroxyl groups is 1. The highest BCUT2D eigenvalue weighted by molar-refractivity contribution is 5.70. The van der Waals surface area contributed by atoms with Crippen molar-refractivity contribution in [2.75, 3.05) is 26.2 Å². The molecule has 0 aromatic heterocycles. The standard InChI is InChI=1S/C72H119NO5/c1-52(2)24-21-26-55(6)63-37-39-65-57(28-23-43-71(63,65)9)32-33-58-50-60(35-31-54(58)5)77-68(75)29-15-11-13-17-46-73(48-19-20-49-74)47-18-14-12-16-30-69(76)78-61-41-44-70(8)59(51-61)34-36-62-66-40-38-64(56(7)27-22-25-53(3)4)72(66,10)45-42-67(62)70/h32-34,36,52-53,55-56,60-61,63-67,74H,5,11-31,35,37-51H2,1-4,6-10H3/b57-32+,58-33-. The van der Waals surface area contributed by atoms with E-state index < -0.39 is 0 Å². The molecule has 12 unspecified atom stereocenters. The van der Waals surface area contributed by atoms with Gasteiger partial charge in [0, 0.05) is 32.3 Å². The number of nitrogens with zero attached hydrogens (tertiary/aromatic N) is 1. The third-order valence-electron chi connectivity index (χ3n) is 22.7. The quantitative estimate of drug-likeness (QED) is 0.0551. The largest absolute Gasteiger partial charge is 0.462 e. The minimum absolute atomic E-state index is 0.00507. The predicted molar refractivity (Wildman–Crippen MR) is 327 cm³/mol. The van der Waals surface area contributed by atoms with Crippen molar-refractivity contribution in [1.82, 2.24) is 4.90 Å². The van der Waals surface area contributed by atoms with E-state index in [-0.39, 0.29) is 36.2 Å². The minimum atomic E-state index is -0.0414. The van der Waals surface area contributed by atoms with E-state index in [2.05, 4.69) is 98.1 Å². The van der Waals surface area contributed by atoms with Crippen LogP contribution in [-0.2, 0) is 19.1 Å². The summed E-state index contributed by atoms with van der Waals surface area (Å²) in [5.74, 6) is 7.01. The molecule has 0 aromatic rings. The number of allylic oxidation sites excluding steroid dienone is 7. The molecule has 0 spiro atoms. The Labute approximate surface area is 479 Å². The number of fused-ring (bicyclic) bond motifs is 6. The summed E-state index contributed by atoms with van der Waals surface area (Å²) in [6, 6.07) is 0. The van der Waals surface area contributed by atoms with Crippen LogP contribution in [0, 0.1) is 69.5 Å². The van der Waals surface area contributed by atoms with Crippen LogP contribution in [-0.4, -0.2) is 60.4 Å². The van der Waals surface area contributed by atoms with Gasteiger partial charge in [0.2, 0.25) is 0 Å². The Balaban J connectivity index is 0.752. The number of rotatable bonds is 31. The number of hydrogen-bond acceptors (Lipinski definition) is 6. The third kappa shape index (κ3) is 16.6. The van der Waals surface area contributed by atoms with Gasteiger partial charge in [-0.3, -0.25) is 9.59 Å². The highest BCUT2D eigenvalue weighted by atomic mass is 16.5. The van der Waals surface area contributed by atoms with Gasteiger partial charge in [-0.2, -0.15) is 0 Å². The van der Waals surface area contributed by atoms with E-state index in [1.54, 1.807) is 11.1 Å². The zero-order chi connectivity index (χ0) is 55.9. The molecule has 0 heterocycles. The molecular weight excluding hydrogens is 959 g/mol. The van der Waals surface area contributed by atoms with Crippen LogP contribution in [0.2, 0.25) is 0 Å². The average Bonchev–Trinajstić information content (AvgIpc) is 3.97. The van der Waals surface area contributed by atoms with Gasteiger partial charge in [0.05, 0.1) is 0 Å².